The Morgan fingerprint density at radius 3 is 2.04 bits per heavy atom. The number of carbonyl (C=O) groups is 1. The summed E-state index contributed by atoms with van der Waals surface area (Å²) in [4.78, 5) is 24.2. The Balaban J connectivity index is 1.88. The number of benzene rings is 2. The van der Waals surface area contributed by atoms with Gasteiger partial charge in [-0.25, -0.2) is 4.79 Å². The van der Waals surface area contributed by atoms with Crippen LogP contribution in [0.4, 0.5) is 0 Å². The smallest absolute Gasteiger partial charge is 0.343 e. The summed E-state index contributed by atoms with van der Waals surface area (Å²) in [5.74, 6) is -0.432. The fraction of sp³-hybridized carbons (Fsp3) is 0.182. The largest absolute Gasteiger partial charge is 0.465 e. The van der Waals surface area contributed by atoms with Gasteiger partial charge in [-0.3, -0.25) is 4.79 Å². The van der Waals surface area contributed by atoms with Gasteiger partial charge in [0.25, 0.3) is 5.56 Å². The number of methoxy groups -OCH3 is 1. The molecule has 2 aromatic carbocycles. The third kappa shape index (κ3) is 3.91. The summed E-state index contributed by atoms with van der Waals surface area (Å²) in [6.45, 7) is 0.512. The quantitative estimate of drug-likeness (QED) is 0.636. The highest BCUT2D eigenvalue weighted by molar-refractivity contribution is 5.88. The van der Waals surface area contributed by atoms with Gasteiger partial charge in [-0.2, -0.15) is 0 Å². The number of hydrogen-bond donors (Lipinski definition) is 0. The molecule has 26 heavy (non-hydrogen) atoms. The average molecular weight is 347 g/mol. The Hall–Kier alpha value is -3.14. The van der Waals surface area contributed by atoms with Crippen LogP contribution in [0.3, 0.4) is 0 Å². The van der Waals surface area contributed by atoms with Crippen molar-refractivity contribution in [1.82, 2.24) is 4.57 Å². The lowest BCUT2D eigenvalue weighted by Crippen LogP contribution is -2.27. The number of ether oxygens (including phenoxy) is 1. The van der Waals surface area contributed by atoms with E-state index in [4.69, 9.17) is 0 Å². The van der Waals surface area contributed by atoms with Crippen molar-refractivity contribution in [2.75, 3.05) is 7.11 Å². The van der Waals surface area contributed by atoms with Crippen LogP contribution in [0.2, 0.25) is 0 Å². The van der Waals surface area contributed by atoms with Gasteiger partial charge in [0.2, 0.25) is 0 Å². The van der Waals surface area contributed by atoms with Gasteiger partial charge < -0.3 is 9.30 Å². The summed E-state index contributed by atoms with van der Waals surface area (Å²) >= 11 is 0. The first-order valence-electron chi connectivity index (χ1n) is 8.58. The van der Waals surface area contributed by atoms with E-state index in [2.05, 4.69) is 29.0 Å². The van der Waals surface area contributed by atoms with E-state index in [0.717, 1.165) is 6.42 Å². The highest BCUT2D eigenvalue weighted by Gasteiger charge is 2.16. The second-order valence-corrected chi connectivity index (χ2v) is 6.07. The zero-order valence-corrected chi connectivity index (χ0v) is 14.7. The van der Waals surface area contributed by atoms with E-state index in [-0.39, 0.29) is 17.0 Å². The topological polar surface area (TPSA) is 48.3 Å². The highest BCUT2D eigenvalue weighted by atomic mass is 16.5. The zero-order chi connectivity index (χ0) is 18.4. The third-order valence-corrected chi connectivity index (χ3v) is 4.49. The first-order chi connectivity index (χ1) is 12.7. The van der Waals surface area contributed by atoms with Crippen molar-refractivity contribution >= 4 is 5.97 Å². The molecule has 4 nitrogen and oxygen atoms in total. The van der Waals surface area contributed by atoms with Gasteiger partial charge >= 0.3 is 5.97 Å². The molecule has 0 bridgehead atoms. The van der Waals surface area contributed by atoms with E-state index in [0.29, 0.717) is 6.54 Å². The monoisotopic (exact) mass is 347 g/mol. The standard InChI is InChI=1S/C22H21NO3/c1-26-22(25)20-13-8-15-23(21(20)24)16-14-19(17-9-4-2-5-10-17)18-11-6-3-7-12-18/h2-13,15,19H,14,16H2,1H3. The predicted molar refractivity (Wildman–Crippen MR) is 101 cm³/mol. The van der Waals surface area contributed by atoms with Crippen LogP contribution in [-0.4, -0.2) is 17.6 Å². The van der Waals surface area contributed by atoms with E-state index in [1.54, 1.807) is 16.8 Å². The molecule has 3 aromatic rings. The fourth-order valence-corrected chi connectivity index (χ4v) is 3.14. The van der Waals surface area contributed by atoms with Crippen molar-refractivity contribution in [3.8, 4) is 0 Å². The van der Waals surface area contributed by atoms with Crippen LogP contribution in [0, 0.1) is 0 Å². The molecule has 0 amide bonds. The van der Waals surface area contributed by atoms with Crippen LogP contribution in [0.25, 0.3) is 0 Å². The number of carbonyl (C=O) groups excluding carboxylic acids is 1. The van der Waals surface area contributed by atoms with Crippen LogP contribution in [0.5, 0.6) is 0 Å². The molecule has 0 unspecified atom stereocenters. The molecule has 1 aromatic heterocycles. The van der Waals surface area contributed by atoms with E-state index in [9.17, 15) is 9.59 Å². The number of nitrogens with zero attached hydrogens (tertiary/aromatic N) is 1. The summed E-state index contributed by atoms with van der Waals surface area (Å²) in [5.41, 5.74) is 2.15. The van der Waals surface area contributed by atoms with Gasteiger partial charge in [0, 0.05) is 18.7 Å². The van der Waals surface area contributed by atoms with Crippen LogP contribution >= 0.6 is 0 Å². The van der Waals surface area contributed by atoms with Crippen LogP contribution < -0.4 is 5.56 Å². The molecule has 0 saturated carbocycles. The van der Waals surface area contributed by atoms with Gasteiger partial charge in [-0.05, 0) is 29.7 Å². The van der Waals surface area contributed by atoms with Crippen LogP contribution in [0.15, 0.2) is 83.8 Å². The first kappa shape index (κ1) is 17.7. The molecular formula is C22H21NO3. The number of hydrogen-bond acceptors (Lipinski definition) is 3. The minimum absolute atomic E-state index is 0.0611. The Kier molecular flexibility index (Phi) is 5.64. The summed E-state index contributed by atoms with van der Waals surface area (Å²) < 4.78 is 6.26. The number of aryl methyl sites for hydroxylation is 1. The van der Waals surface area contributed by atoms with Crippen molar-refractivity contribution in [2.24, 2.45) is 0 Å². The molecular weight excluding hydrogens is 326 g/mol. The van der Waals surface area contributed by atoms with E-state index < -0.39 is 5.97 Å². The van der Waals surface area contributed by atoms with Crippen molar-refractivity contribution in [3.63, 3.8) is 0 Å². The molecule has 3 rings (SSSR count). The lowest BCUT2D eigenvalue weighted by Gasteiger charge is -2.19. The van der Waals surface area contributed by atoms with E-state index in [1.165, 1.54) is 24.3 Å². The van der Waals surface area contributed by atoms with Crippen LogP contribution in [-0.2, 0) is 11.3 Å². The van der Waals surface area contributed by atoms with Crippen LogP contribution in [0.1, 0.15) is 33.8 Å². The van der Waals surface area contributed by atoms with Gasteiger partial charge in [-0.15, -0.1) is 0 Å². The minimum atomic E-state index is -0.605. The molecule has 0 radical (unpaired) electrons. The lowest BCUT2D eigenvalue weighted by molar-refractivity contribution is 0.0598. The molecule has 1 heterocycles. The molecule has 132 valence electrons. The lowest BCUT2D eigenvalue weighted by atomic mass is 9.88. The number of aromatic nitrogens is 1. The molecule has 0 fully saturated rings. The average Bonchev–Trinajstić information content (AvgIpc) is 2.70. The molecule has 0 atom stereocenters. The normalized spacial score (nSPS) is 10.7. The number of pyridine rings is 1. The van der Waals surface area contributed by atoms with E-state index in [1.807, 2.05) is 36.4 Å². The summed E-state index contributed by atoms with van der Waals surface area (Å²) in [7, 11) is 1.28. The molecule has 0 saturated heterocycles. The van der Waals surface area contributed by atoms with Gasteiger partial charge in [0.15, 0.2) is 0 Å². The van der Waals surface area contributed by atoms with Gasteiger partial charge in [0.05, 0.1) is 7.11 Å². The van der Waals surface area contributed by atoms with Crippen molar-refractivity contribution in [2.45, 2.75) is 18.9 Å². The Labute approximate surface area is 152 Å². The molecule has 4 heteroatoms. The first-order valence-corrected chi connectivity index (χ1v) is 8.58. The summed E-state index contributed by atoms with van der Waals surface area (Å²) in [6.07, 6.45) is 2.46. The molecule has 0 aliphatic carbocycles. The Morgan fingerprint density at radius 1 is 0.923 bits per heavy atom. The fourth-order valence-electron chi connectivity index (χ4n) is 3.14. The highest BCUT2D eigenvalue weighted by Crippen LogP contribution is 2.28. The Morgan fingerprint density at radius 2 is 1.50 bits per heavy atom. The van der Waals surface area contributed by atoms with Crippen molar-refractivity contribution < 1.29 is 9.53 Å². The van der Waals surface area contributed by atoms with Crippen molar-refractivity contribution in [3.05, 3.63) is 106 Å². The maximum atomic E-state index is 12.5. The molecule has 0 aliphatic heterocycles. The number of esters is 1. The summed E-state index contributed by atoms with van der Waals surface area (Å²) in [6, 6.07) is 23.7. The second-order valence-electron chi connectivity index (χ2n) is 6.07. The van der Waals surface area contributed by atoms with E-state index >= 15 is 0 Å². The maximum Gasteiger partial charge on any atom is 0.343 e. The van der Waals surface area contributed by atoms with Gasteiger partial charge in [0.1, 0.15) is 5.56 Å². The second kappa shape index (κ2) is 8.30. The SMILES string of the molecule is COC(=O)c1cccn(CCC(c2ccccc2)c2ccccc2)c1=O. The molecule has 0 aliphatic rings. The molecule has 0 spiro atoms. The predicted octanol–water partition coefficient (Wildman–Crippen LogP) is 3.86. The number of rotatable bonds is 6. The maximum absolute atomic E-state index is 12.5. The third-order valence-electron chi connectivity index (χ3n) is 4.49. The zero-order valence-electron chi connectivity index (χ0n) is 14.7. The van der Waals surface area contributed by atoms with Crippen molar-refractivity contribution in [1.29, 1.82) is 0 Å². The van der Waals surface area contributed by atoms with Gasteiger partial charge in [-0.1, -0.05) is 60.7 Å². The summed E-state index contributed by atoms with van der Waals surface area (Å²) in [5, 5.41) is 0. The minimum Gasteiger partial charge on any atom is -0.465 e. The molecule has 0 N–H and O–H groups in total. The Bertz CT molecular complexity index is 877.